The summed E-state index contributed by atoms with van der Waals surface area (Å²) >= 11 is 11.7. The lowest BCUT2D eigenvalue weighted by Crippen LogP contribution is -2.38. The molecule has 0 aromatic heterocycles. The van der Waals surface area contributed by atoms with Crippen molar-refractivity contribution in [2.24, 2.45) is 0 Å². The first-order valence-electron chi connectivity index (χ1n) is 6.28. The van der Waals surface area contributed by atoms with E-state index in [1.54, 1.807) is 32.0 Å². The van der Waals surface area contributed by atoms with Crippen molar-refractivity contribution >= 4 is 39.2 Å². The van der Waals surface area contributed by atoms with Crippen molar-refractivity contribution in [1.82, 2.24) is 4.31 Å². The van der Waals surface area contributed by atoms with E-state index in [0.717, 1.165) is 0 Å². The van der Waals surface area contributed by atoms with Gasteiger partial charge >= 0.3 is 5.97 Å². The number of hydrogen-bond donors (Lipinski definition) is 1. The maximum absolute atomic E-state index is 12.2. The number of carboxylic acids is 1. The molecule has 5 nitrogen and oxygen atoms in total. The molecule has 0 aliphatic carbocycles. The normalized spacial score (nSPS) is 12.1. The summed E-state index contributed by atoms with van der Waals surface area (Å²) in [5.41, 5.74) is 0.692. The molecule has 1 N–H and O–H groups in total. The van der Waals surface area contributed by atoms with Crippen LogP contribution in [0, 0.1) is 0 Å². The van der Waals surface area contributed by atoms with Crippen LogP contribution in [0.15, 0.2) is 18.2 Å². The van der Waals surface area contributed by atoms with Crippen LogP contribution in [0.25, 0.3) is 0 Å². The first-order chi connectivity index (χ1) is 9.63. The van der Waals surface area contributed by atoms with Crippen LogP contribution in [0.2, 0.25) is 10.0 Å². The Bertz CT molecular complexity index is 617. The summed E-state index contributed by atoms with van der Waals surface area (Å²) < 4.78 is 25.7. The van der Waals surface area contributed by atoms with Crippen LogP contribution in [0.4, 0.5) is 0 Å². The number of benzene rings is 1. The quantitative estimate of drug-likeness (QED) is 0.817. The van der Waals surface area contributed by atoms with E-state index >= 15 is 0 Å². The number of nitrogens with zero attached hydrogens (tertiary/aromatic N) is 1. The molecule has 1 rings (SSSR count). The van der Waals surface area contributed by atoms with Gasteiger partial charge in [0.25, 0.3) is 0 Å². The Balaban J connectivity index is 2.96. The van der Waals surface area contributed by atoms with Gasteiger partial charge in [0.05, 0.1) is 22.2 Å². The van der Waals surface area contributed by atoms with Gasteiger partial charge in [-0.05, 0) is 31.5 Å². The molecule has 0 aliphatic rings. The summed E-state index contributed by atoms with van der Waals surface area (Å²) in [6.07, 6.45) is -0.424. The SMILES string of the molecule is CC(C)N(Cc1ccc(Cl)c(Cl)c1)S(=O)(=O)CCC(=O)O. The highest BCUT2D eigenvalue weighted by atomic mass is 35.5. The Kier molecular flexibility index (Phi) is 6.46. The Labute approximate surface area is 134 Å². The minimum absolute atomic E-state index is 0.122. The van der Waals surface area contributed by atoms with Crippen LogP contribution in [0.5, 0.6) is 0 Å². The number of sulfonamides is 1. The topological polar surface area (TPSA) is 74.7 Å². The van der Waals surface area contributed by atoms with Gasteiger partial charge < -0.3 is 5.11 Å². The van der Waals surface area contributed by atoms with Crippen LogP contribution < -0.4 is 0 Å². The fourth-order valence-corrected chi connectivity index (χ4v) is 3.73. The van der Waals surface area contributed by atoms with Crippen molar-refractivity contribution in [3.05, 3.63) is 33.8 Å². The van der Waals surface area contributed by atoms with Crippen LogP contribution in [-0.4, -0.2) is 35.6 Å². The van der Waals surface area contributed by atoms with Gasteiger partial charge in [0, 0.05) is 12.6 Å². The second kappa shape index (κ2) is 7.45. The summed E-state index contributed by atoms with van der Waals surface area (Å²) in [4.78, 5) is 10.6. The second-order valence-corrected chi connectivity index (χ2v) is 7.70. The van der Waals surface area contributed by atoms with E-state index in [9.17, 15) is 13.2 Å². The molecule has 1 aromatic rings. The van der Waals surface area contributed by atoms with Crippen molar-refractivity contribution in [2.45, 2.75) is 32.9 Å². The third kappa shape index (κ3) is 5.47. The average Bonchev–Trinajstić information content (AvgIpc) is 2.37. The maximum Gasteiger partial charge on any atom is 0.304 e. The molecule has 1 aromatic carbocycles. The highest BCUT2D eigenvalue weighted by molar-refractivity contribution is 7.89. The number of rotatable bonds is 7. The molecule has 0 saturated carbocycles. The summed E-state index contributed by atoms with van der Waals surface area (Å²) in [6.45, 7) is 3.59. The highest BCUT2D eigenvalue weighted by Gasteiger charge is 2.25. The Morgan fingerprint density at radius 2 is 1.90 bits per heavy atom. The smallest absolute Gasteiger partial charge is 0.304 e. The van der Waals surface area contributed by atoms with E-state index in [4.69, 9.17) is 28.3 Å². The second-order valence-electron chi connectivity index (χ2n) is 4.85. The predicted molar refractivity (Wildman–Crippen MR) is 83.2 cm³/mol. The van der Waals surface area contributed by atoms with Gasteiger partial charge in [-0.1, -0.05) is 29.3 Å². The van der Waals surface area contributed by atoms with E-state index in [1.165, 1.54) is 4.31 Å². The number of aliphatic carboxylic acids is 1. The van der Waals surface area contributed by atoms with Gasteiger partial charge in [-0.2, -0.15) is 4.31 Å². The van der Waals surface area contributed by atoms with Gasteiger partial charge in [-0.25, -0.2) is 8.42 Å². The molecule has 8 heteroatoms. The Morgan fingerprint density at radius 3 is 2.38 bits per heavy atom. The number of carbonyl (C=O) groups is 1. The van der Waals surface area contributed by atoms with Gasteiger partial charge in [-0.3, -0.25) is 4.79 Å². The molecule has 0 amide bonds. The van der Waals surface area contributed by atoms with Crippen molar-refractivity contribution in [3.63, 3.8) is 0 Å². The van der Waals surface area contributed by atoms with E-state index in [2.05, 4.69) is 0 Å². The number of carboxylic acid groups (broad SMARTS) is 1. The van der Waals surface area contributed by atoms with Crippen LogP contribution in [0.3, 0.4) is 0 Å². The third-order valence-electron chi connectivity index (χ3n) is 2.83. The molecule has 0 fully saturated rings. The van der Waals surface area contributed by atoms with Gasteiger partial charge in [0.1, 0.15) is 0 Å². The fraction of sp³-hybridized carbons (Fsp3) is 0.462. The largest absolute Gasteiger partial charge is 0.481 e. The molecular formula is C13H17Cl2NO4S. The van der Waals surface area contributed by atoms with Crippen molar-refractivity contribution < 1.29 is 18.3 Å². The lowest BCUT2D eigenvalue weighted by molar-refractivity contribution is -0.136. The minimum Gasteiger partial charge on any atom is -0.481 e. The van der Waals surface area contributed by atoms with Gasteiger partial charge in [0.15, 0.2) is 0 Å². The molecule has 0 spiro atoms. The summed E-state index contributed by atoms with van der Waals surface area (Å²) in [5, 5.41) is 9.38. The van der Waals surface area contributed by atoms with Gasteiger partial charge in [-0.15, -0.1) is 0 Å². The predicted octanol–water partition coefficient (Wildman–Crippen LogP) is 3.01. The fourth-order valence-electron chi connectivity index (χ4n) is 1.75. The summed E-state index contributed by atoms with van der Waals surface area (Å²) in [6, 6.07) is 4.60. The molecule has 0 aliphatic heterocycles. The molecule has 0 bridgehead atoms. The highest BCUT2D eigenvalue weighted by Crippen LogP contribution is 2.24. The van der Waals surface area contributed by atoms with E-state index in [0.29, 0.717) is 15.6 Å². The van der Waals surface area contributed by atoms with Crippen molar-refractivity contribution in [2.75, 3.05) is 5.75 Å². The van der Waals surface area contributed by atoms with Crippen molar-refractivity contribution in [3.8, 4) is 0 Å². The first-order valence-corrected chi connectivity index (χ1v) is 8.65. The molecular weight excluding hydrogens is 337 g/mol. The number of halogens is 2. The Morgan fingerprint density at radius 1 is 1.29 bits per heavy atom. The summed E-state index contributed by atoms with van der Waals surface area (Å²) in [7, 11) is -3.66. The molecule has 0 radical (unpaired) electrons. The lowest BCUT2D eigenvalue weighted by atomic mass is 10.2. The van der Waals surface area contributed by atoms with Gasteiger partial charge in [0.2, 0.25) is 10.0 Å². The standard InChI is InChI=1S/C13H17Cl2NO4S/c1-9(2)16(21(19,20)6-5-13(17)18)8-10-3-4-11(14)12(15)7-10/h3-4,7,9H,5-6,8H2,1-2H3,(H,17,18). The van der Waals surface area contributed by atoms with Crippen LogP contribution in [0.1, 0.15) is 25.8 Å². The third-order valence-corrected chi connectivity index (χ3v) is 5.55. The zero-order valence-corrected chi connectivity index (χ0v) is 14.0. The van der Waals surface area contributed by atoms with E-state index in [-0.39, 0.29) is 12.6 Å². The molecule has 118 valence electrons. The molecule has 0 heterocycles. The van der Waals surface area contributed by atoms with E-state index < -0.39 is 28.2 Å². The van der Waals surface area contributed by atoms with Crippen LogP contribution in [-0.2, 0) is 21.4 Å². The van der Waals surface area contributed by atoms with E-state index in [1.807, 2.05) is 0 Å². The Hall–Kier alpha value is -0.820. The monoisotopic (exact) mass is 353 g/mol. The molecule has 0 atom stereocenters. The zero-order valence-electron chi connectivity index (χ0n) is 11.7. The molecule has 0 saturated heterocycles. The van der Waals surface area contributed by atoms with Crippen molar-refractivity contribution in [1.29, 1.82) is 0 Å². The maximum atomic E-state index is 12.2. The number of hydrogen-bond acceptors (Lipinski definition) is 3. The summed E-state index contributed by atoms with van der Waals surface area (Å²) in [5.74, 6) is -1.57. The zero-order chi connectivity index (χ0) is 16.2. The minimum atomic E-state index is -3.66. The molecule has 0 unspecified atom stereocenters. The van der Waals surface area contributed by atoms with Crippen LogP contribution >= 0.6 is 23.2 Å². The molecule has 21 heavy (non-hydrogen) atoms. The average molecular weight is 354 g/mol. The first kappa shape index (κ1) is 18.2. The lowest BCUT2D eigenvalue weighted by Gasteiger charge is -2.26.